The van der Waals surface area contributed by atoms with Crippen molar-refractivity contribution in [3.8, 4) is 11.5 Å². The highest BCUT2D eigenvalue weighted by molar-refractivity contribution is 5.72. The van der Waals surface area contributed by atoms with Gasteiger partial charge < -0.3 is 14.6 Å². The molecule has 1 aromatic rings. The molecule has 0 spiro atoms. The fraction of sp³-hybridized carbons (Fsp3) is 0.462. The van der Waals surface area contributed by atoms with Crippen LogP contribution in [-0.4, -0.2) is 24.0 Å². The zero-order valence-electron chi connectivity index (χ0n) is 10.1. The van der Waals surface area contributed by atoms with Crippen molar-refractivity contribution in [1.29, 1.82) is 0 Å². The van der Waals surface area contributed by atoms with E-state index in [9.17, 15) is 9.18 Å². The largest absolute Gasteiger partial charge is 0.479 e. The maximum absolute atomic E-state index is 13.2. The Hall–Kier alpha value is -1.78. The number of hydrogen-bond acceptors (Lipinski definition) is 3. The van der Waals surface area contributed by atoms with Crippen LogP contribution in [0.1, 0.15) is 18.9 Å². The summed E-state index contributed by atoms with van der Waals surface area (Å²) in [6.07, 6.45) is -0.711. The molecule has 0 fully saturated rings. The van der Waals surface area contributed by atoms with E-state index >= 15 is 0 Å². The second-order valence-electron chi connectivity index (χ2n) is 4.44. The average molecular weight is 254 g/mol. The molecular formula is C13H15FO4. The molecule has 5 heteroatoms. The van der Waals surface area contributed by atoms with E-state index in [0.29, 0.717) is 24.3 Å². The number of rotatable bonds is 5. The number of carboxylic acid groups (broad SMARTS) is 1. The van der Waals surface area contributed by atoms with Gasteiger partial charge in [0.1, 0.15) is 0 Å². The van der Waals surface area contributed by atoms with Crippen molar-refractivity contribution in [2.45, 2.75) is 25.9 Å². The molecule has 2 atom stereocenters. The van der Waals surface area contributed by atoms with Crippen LogP contribution in [0.25, 0.3) is 0 Å². The summed E-state index contributed by atoms with van der Waals surface area (Å²) in [4.78, 5) is 10.5. The van der Waals surface area contributed by atoms with E-state index in [2.05, 4.69) is 0 Å². The molecule has 1 heterocycles. The minimum atomic E-state index is -1.81. The van der Waals surface area contributed by atoms with Crippen LogP contribution in [0, 0.1) is 5.92 Å². The summed E-state index contributed by atoms with van der Waals surface area (Å²) in [5.41, 5.74) is 0.990. The normalized spacial score (nSPS) is 16.3. The van der Waals surface area contributed by atoms with Crippen LogP contribution in [0.15, 0.2) is 18.2 Å². The summed E-state index contributed by atoms with van der Waals surface area (Å²) in [7, 11) is 0. The molecule has 0 amide bonds. The number of aliphatic carboxylic acids is 1. The van der Waals surface area contributed by atoms with Crippen LogP contribution in [-0.2, 0) is 11.2 Å². The van der Waals surface area contributed by atoms with Gasteiger partial charge in [-0.25, -0.2) is 9.18 Å². The quantitative estimate of drug-likeness (QED) is 0.876. The number of halogens is 1. The molecule has 0 saturated heterocycles. The monoisotopic (exact) mass is 254 g/mol. The van der Waals surface area contributed by atoms with E-state index in [-0.39, 0.29) is 6.79 Å². The highest BCUT2D eigenvalue weighted by atomic mass is 19.1. The molecule has 0 bridgehead atoms. The van der Waals surface area contributed by atoms with Gasteiger partial charge in [-0.3, -0.25) is 0 Å². The Labute approximate surface area is 104 Å². The molecule has 0 aliphatic carbocycles. The summed E-state index contributed by atoms with van der Waals surface area (Å²) in [5.74, 6) is -0.503. The Kier molecular flexibility index (Phi) is 3.69. The highest BCUT2D eigenvalue weighted by Gasteiger charge is 2.23. The lowest BCUT2D eigenvalue weighted by atomic mass is 9.97. The van der Waals surface area contributed by atoms with Crippen molar-refractivity contribution in [3.05, 3.63) is 23.8 Å². The summed E-state index contributed by atoms with van der Waals surface area (Å²) in [6, 6.07) is 5.55. The van der Waals surface area contributed by atoms with Gasteiger partial charge in [-0.05, 0) is 36.5 Å². The zero-order chi connectivity index (χ0) is 13.1. The van der Waals surface area contributed by atoms with Gasteiger partial charge in [0.05, 0.1) is 0 Å². The van der Waals surface area contributed by atoms with Crippen molar-refractivity contribution in [2.75, 3.05) is 6.79 Å². The van der Waals surface area contributed by atoms with E-state index in [1.165, 1.54) is 0 Å². The number of hydrogen-bond donors (Lipinski definition) is 1. The van der Waals surface area contributed by atoms with Crippen LogP contribution in [0.2, 0.25) is 0 Å². The third-order valence-electron chi connectivity index (χ3n) is 3.06. The Morgan fingerprint density at radius 3 is 2.89 bits per heavy atom. The van der Waals surface area contributed by atoms with Crippen LogP contribution in [0.5, 0.6) is 11.5 Å². The number of benzene rings is 1. The van der Waals surface area contributed by atoms with E-state index in [0.717, 1.165) is 5.56 Å². The van der Waals surface area contributed by atoms with Crippen LogP contribution in [0.4, 0.5) is 4.39 Å². The van der Waals surface area contributed by atoms with Crippen LogP contribution < -0.4 is 9.47 Å². The fourth-order valence-corrected chi connectivity index (χ4v) is 1.88. The standard InChI is InChI=1S/C13H15FO4/c1-8(12(14)13(15)16)2-3-9-4-5-10-11(6-9)18-7-17-10/h4-6,8,12H,2-3,7H2,1H3,(H,15,16). The predicted molar refractivity (Wildman–Crippen MR) is 62.6 cm³/mol. The van der Waals surface area contributed by atoms with Crippen LogP contribution >= 0.6 is 0 Å². The first-order valence-electron chi connectivity index (χ1n) is 5.83. The summed E-state index contributed by atoms with van der Waals surface area (Å²) in [6.45, 7) is 1.83. The molecule has 4 nitrogen and oxygen atoms in total. The second-order valence-corrected chi connectivity index (χ2v) is 4.44. The number of fused-ring (bicyclic) bond motifs is 1. The third-order valence-corrected chi connectivity index (χ3v) is 3.06. The molecule has 2 rings (SSSR count). The number of carboxylic acids is 1. The summed E-state index contributed by atoms with van der Waals surface area (Å²) < 4.78 is 23.6. The van der Waals surface area contributed by atoms with Gasteiger partial charge in [-0.15, -0.1) is 0 Å². The van der Waals surface area contributed by atoms with Crippen molar-refractivity contribution >= 4 is 5.97 Å². The van der Waals surface area contributed by atoms with E-state index in [1.807, 2.05) is 18.2 Å². The highest BCUT2D eigenvalue weighted by Crippen LogP contribution is 2.33. The lowest BCUT2D eigenvalue weighted by Gasteiger charge is -2.12. The van der Waals surface area contributed by atoms with Crippen molar-refractivity contribution in [3.63, 3.8) is 0 Å². The third kappa shape index (κ3) is 2.72. The smallest absolute Gasteiger partial charge is 0.338 e. The molecule has 1 aliphatic heterocycles. The molecule has 2 unspecified atom stereocenters. The Morgan fingerprint density at radius 1 is 1.44 bits per heavy atom. The molecule has 0 radical (unpaired) electrons. The number of alkyl halides is 1. The maximum Gasteiger partial charge on any atom is 0.338 e. The molecule has 98 valence electrons. The second kappa shape index (κ2) is 5.25. The van der Waals surface area contributed by atoms with Gasteiger partial charge in [0, 0.05) is 0 Å². The lowest BCUT2D eigenvalue weighted by molar-refractivity contribution is -0.144. The Bertz CT molecular complexity index is 447. The molecular weight excluding hydrogens is 239 g/mol. The maximum atomic E-state index is 13.2. The molecule has 1 aliphatic rings. The van der Waals surface area contributed by atoms with Gasteiger partial charge >= 0.3 is 5.97 Å². The number of carbonyl (C=O) groups is 1. The first-order chi connectivity index (χ1) is 8.58. The van der Waals surface area contributed by atoms with Crippen molar-refractivity contribution in [1.82, 2.24) is 0 Å². The van der Waals surface area contributed by atoms with Gasteiger partial charge in [-0.1, -0.05) is 13.0 Å². The SMILES string of the molecule is CC(CCc1ccc2c(c1)OCO2)C(F)C(=O)O. The molecule has 18 heavy (non-hydrogen) atoms. The van der Waals surface area contributed by atoms with Crippen molar-refractivity contribution in [2.24, 2.45) is 5.92 Å². The minimum absolute atomic E-state index is 0.223. The molecule has 0 aromatic heterocycles. The van der Waals surface area contributed by atoms with Gasteiger partial charge in [0.15, 0.2) is 17.7 Å². The number of ether oxygens (including phenoxy) is 2. The fourth-order valence-electron chi connectivity index (χ4n) is 1.88. The summed E-state index contributed by atoms with van der Waals surface area (Å²) >= 11 is 0. The molecule has 1 aromatic carbocycles. The first-order valence-corrected chi connectivity index (χ1v) is 5.83. The Morgan fingerprint density at radius 2 is 2.17 bits per heavy atom. The number of aryl methyl sites for hydroxylation is 1. The van der Waals surface area contributed by atoms with Gasteiger partial charge in [0.25, 0.3) is 0 Å². The zero-order valence-corrected chi connectivity index (χ0v) is 10.1. The van der Waals surface area contributed by atoms with Crippen LogP contribution in [0.3, 0.4) is 0 Å². The van der Waals surface area contributed by atoms with Gasteiger partial charge in [-0.2, -0.15) is 0 Å². The first kappa shape index (κ1) is 12.7. The molecule has 1 N–H and O–H groups in total. The minimum Gasteiger partial charge on any atom is -0.479 e. The predicted octanol–water partition coefficient (Wildman–Crippen LogP) is 2.41. The van der Waals surface area contributed by atoms with E-state index in [4.69, 9.17) is 14.6 Å². The average Bonchev–Trinajstić information content (AvgIpc) is 2.82. The van der Waals surface area contributed by atoms with E-state index in [1.54, 1.807) is 6.92 Å². The molecule has 0 saturated carbocycles. The topological polar surface area (TPSA) is 55.8 Å². The van der Waals surface area contributed by atoms with Crippen molar-refractivity contribution < 1.29 is 23.8 Å². The van der Waals surface area contributed by atoms with E-state index < -0.39 is 18.1 Å². The lowest BCUT2D eigenvalue weighted by Crippen LogP contribution is -2.23. The van der Waals surface area contributed by atoms with Gasteiger partial charge in [0.2, 0.25) is 6.79 Å². The Balaban J connectivity index is 1.92. The summed E-state index contributed by atoms with van der Waals surface area (Å²) in [5, 5.41) is 8.56.